The van der Waals surface area contributed by atoms with Gasteiger partial charge in [0.2, 0.25) is 0 Å². The van der Waals surface area contributed by atoms with E-state index in [1.165, 1.54) is 0 Å². The minimum absolute atomic E-state index is 0.238. The normalized spacial score (nSPS) is 11.1. The Kier molecular flexibility index (Phi) is 4.51. The van der Waals surface area contributed by atoms with Gasteiger partial charge < -0.3 is 24.4 Å². The van der Waals surface area contributed by atoms with Crippen molar-refractivity contribution in [2.75, 3.05) is 5.32 Å². The van der Waals surface area contributed by atoms with Crippen molar-refractivity contribution in [1.82, 2.24) is 19.4 Å². The number of pyridine rings is 1. The number of para-hydroxylation sites is 1. The molecule has 3 N–H and O–H groups in total. The second-order valence-electron chi connectivity index (χ2n) is 7.23. The molecule has 1 amide bonds. The van der Waals surface area contributed by atoms with E-state index in [0.29, 0.717) is 28.0 Å². The molecule has 8 nitrogen and oxygen atoms in total. The minimum atomic E-state index is -0.307. The van der Waals surface area contributed by atoms with E-state index in [1.807, 2.05) is 41.9 Å². The molecule has 2 aromatic carbocycles. The largest absolute Gasteiger partial charge is 0.486 e. The fraction of sp³-hybridized carbons (Fsp3) is 0.0870. The summed E-state index contributed by atoms with van der Waals surface area (Å²) >= 11 is 0. The Bertz CT molecular complexity index is 1480. The number of carbonyl (C=O) groups is 1. The number of H-pyrrole nitrogens is 2. The predicted octanol–water partition coefficient (Wildman–Crippen LogP) is 3.64. The van der Waals surface area contributed by atoms with Crippen molar-refractivity contribution < 1.29 is 9.53 Å². The lowest BCUT2D eigenvalue weighted by atomic mass is 10.1. The van der Waals surface area contributed by atoms with E-state index in [1.54, 1.807) is 36.4 Å². The molecule has 3 heterocycles. The van der Waals surface area contributed by atoms with Crippen LogP contribution in [0.15, 0.2) is 71.8 Å². The molecule has 3 aromatic heterocycles. The van der Waals surface area contributed by atoms with E-state index >= 15 is 0 Å². The van der Waals surface area contributed by atoms with Crippen LogP contribution in [0.25, 0.3) is 16.7 Å². The third-order valence-corrected chi connectivity index (χ3v) is 5.01. The Hall–Kier alpha value is -4.33. The molecule has 0 radical (unpaired) electrons. The number of aromatic nitrogens is 4. The molecule has 0 aliphatic carbocycles. The topological polar surface area (TPSA) is 104 Å². The monoisotopic (exact) mass is 413 g/mol. The lowest BCUT2D eigenvalue weighted by molar-refractivity contribution is 0.102. The van der Waals surface area contributed by atoms with E-state index in [9.17, 15) is 9.59 Å². The lowest BCUT2D eigenvalue weighted by Gasteiger charge is -2.11. The number of amides is 1. The van der Waals surface area contributed by atoms with Crippen molar-refractivity contribution in [3.63, 3.8) is 0 Å². The van der Waals surface area contributed by atoms with E-state index < -0.39 is 0 Å². The highest BCUT2D eigenvalue weighted by molar-refractivity contribution is 6.06. The Balaban J connectivity index is 1.35. The molecule has 0 bridgehead atoms. The quantitative estimate of drug-likeness (QED) is 0.409. The van der Waals surface area contributed by atoms with Gasteiger partial charge in [-0.1, -0.05) is 18.2 Å². The number of carbonyl (C=O) groups excluding carboxylic acids is 1. The smallest absolute Gasteiger partial charge is 0.323 e. The number of aryl methyl sites for hydroxylation is 1. The summed E-state index contributed by atoms with van der Waals surface area (Å²) in [4.78, 5) is 34.3. The first kappa shape index (κ1) is 18.7. The number of rotatable bonds is 5. The number of nitrogens with zero attached hydrogens (tertiary/aromatic N) is 2. The van der Waals surface area contributed by atoms with Crippen molar-refractivity contribution in [1.29, 1.82) is 0 Å². The number of anilines is 1. The zero-order valence-corrected chi connectivity index (χ0v) is 16.7. The second-order valence-corrected chi connectivity index (χ2v) is 7.23. The highest BCUT2D eigenvalue weighted by atomic mass is 16.5. The van der Waals surface area contributed by atoms with Gasteiger partial charge in [-0.15, -0.1) is 0 Å². The first-order valence-corrected chi connectivity index (χ1v) is 9.75. The Morgan fingerprint density at radius 1 is 1.10 bits per heavy atom. The van der Waals surface area contributed by atoms with E-state index in [4.69, 9.17) is 4.74 Å². The van der Waals surface area contributed by atoms with Crippen LogP contribution in [0.1, 0.15) is 21.6 Å². The summed E-state index contributed by atoms with van der Waals surface area (Å²) in [6.07, 6.45) is 3.85. The minimum Gasteiger partial charge on any atom is -0.486 e. The van der Waals surface area contributed by atoms with E-state index in [0.717, 1.165) is 16.9 Å². The predicted molar refractivity (Wildman–Crippen MR) is 118 cm³/mol. The molecular formula is C23H19N5O3. The second kappa shape index (κ2) is 7.49. The average Bonchev–Trinajstić information content (AvgIpc) is 3.35. The van der Waals surface area contributed by atoms with Gasteiger partial charge in [0.05, 0.1) is 22.3 Å². The van der Waals surface area contributed by atoms with Gasteiger partial charge in [0.25, 0.3) is 5.91 Å². The molecule has 0 saturated heterocycles. The number of hydrogen-bond donors (Lipinski definition) is 3. The van der Waals surface area contributed by atoms with Crippen LogP contribution in [-0.4, -0.2) is 25.3 Å². The van der Waals surface area contributed by atoms with Crippen LogP contribution < -0.4 is 15.7 Å². The van der Waals surface area contributed by atoms with Crippen molar-refractivity contribution in [2.24, 2.45) is 0 Å². The summed E-state index contributed by atoms with van der Waals surface area (Å²) in [5, 5.41) is 2.85. The fourth-order valence-corrected chi connectivity index (χ4v) is 3.51. The summed E-state index contributed by atoms with van der Waals surface area (Å²) in [6, 6.07) is 16.2. The SMILES string of the molecule is Cc1cccn2cc(COc3ccccc3C(=O)Nc3ccc4[nH]c(=O)[nH]c4c3)nc12. The van der Waals surface area contributed by atoms with Crippen LogP contribution >= 0.6 is 0 Å². The van der Waals surface area contributed by atoms with Crippen molar-refractivity contribution in [2.45, 2.75) is 13.5 Å². The van der Waals surface area contributed by atoms with Crippen molar-refractivity contribution >= 4 is 28.3 Å². The first-order chi connectivity index (χ1) is 15.1. The zero-order valence-electron chi connectivity index (χ0n) is 16.7. The number of benzene rings is 2. The molecule has 0 spiro atoms. The lowest BCUT2D eigenvalue weighted by Crippen LogP contribution is -2.13. The molecule has 0 aliphatic heterocycles. The van der Waals surface area contributed by atoms with Gasteiger partial charge >= 0.3 is 5.69 Å². The Labute approximate surface area is 176 Å². The number of nitrogens with one attached hydrogen (secondary N) is 3. The van der Waals surface area contributed by atoms with Gasteiger partial charge in [0.1, 0.15) is 18.0 Å². The maximum Gasteiger partial charge on any atom is 0.323 e. The van der Waals surface area contributed by atoms with Crippen molar-refractivity contribution in [3.8, 4) is 5.75 Å². The summed E-state index contributed by atoms with van der Waals surface area (Å²) in [5.74, 6) is 0.156. The molecule has 0 saturated carbocycles. The Morgan fingerprint density at radius 2 is 1.94 bits per heavy atom. The standard InChI is InChI=1S/C23H19N5O3/c1-14-5-4-10-28-12-16(24-21(14)28)13-31-20-7-3-2-6-17(20)22(29)25-15-8-9-18-19(11-15)27-23(30)26-18/h2-12H,13H2,1H3,(H,25,29)(H2,26,27,30). The zero-order chi connectivity index (χ0) is 21.4. The third kappa shape index (κ3) is 3.66. The van der Waals surface area contributed by atoms with Gasteiger partial charge in [0, 0.05) is 18.1 Å². The van der Waals surface area contributed by atoms with Crippen LogP contribution in [0.3, 0.4) is 0 Å². The van der Waals surface area contributed by atoms with Crippen LogP contribution in [0.4, 0.5) is 5.69 Å². The van der Waals surface area contributed by atoms with E-state index in [-0.39, 0.29) is 18.2 Å². The molecule has 5 aromatic rings. The molecule has 0 atom stereocenters. The van der Waals surface area contributed by atoms with E-state index in [2.05, 4.69) is 20.3 Å². The number of hydrogen-bond acceptors (Lipinski definition) is 4. The van der Waals surface area contributed by atoms with Gasteiger partial charge in [0.15, 0.2) is 0 Å². The number of fused-ring (bicyclic) bond motifs is 2. The molecule has 0 aliphatic rings. The van der Waals surface area contributed by atoms with Crippen molar-refractivity contribution in [3.05, 3.63) is 94.3 Å². The summed E-state index contributed by atoms with van der Waals surface area (Å²) in [7, 11) is 0. The summed E-state index contributed by atoms with van der Waals surface area (Å²) in [5.41, 5.74) is 4.71. The maximum absolute atomic E-state index is 12.9. The first-order valence-electron chi connectivity index (χ1n) is 9.75. The summed E-state index contributed by atoms with van der Waals surface area (Å²) < 4.78 is 7.89. The number of ether oxygens (including phenoxy) is 1. The summed E-state index contributed by atoms with van der Waals surface area (Å²) in [6.45, 7) is 2.25. The fourth-order valence-electron chi connectivity index (χ4n) is 3.51. The molecule has 5 rings (SSSR count). The molecule has 31 heavy (non-hydrogen) atoms. The van der Waals surface area contributed by atoms with Crippen LogP contribution in [0.5, 0.6) is 5.75 Å². The number of aromatic amines is 2. The van der Waals surface area contributed by atoms with Gasteiger partial charge in [-0.05, 0) is 48.9 Å². The van der Waals surface area contributed by atoms with Gasteiger partial charge in [-0.3, -0.25) is 4.79 Å². The molecule has 8 heteroatoms. The molecule has 0 unspecified atom stereocenters. The maximum atomic E-state index is 12.9. The van der Waals surface area contributed by atoms with Gasteiger partial charge in [-0.25, -0.2) is 9.78 Å². The third-order valence-electron chi connectivity index (χ3n) is 5.01. The van der Waals surface area contributed by atoms with Gasteiger partial charge in [-0.2, -0.15) is 0 Å². The molecule has 0 fully saturated rings. The molecular weight excluding hydrogens is 394 g/mol. The van der Waals surface area contributed by atoms with Crippen LogP contribution in [0, 0.1) is 6.92 Å². The van der Waals surface area contributed by atoms with Crippen LogP contribution in [-0.2, 0) is 6.61 Å². The highest BCUT2D eigenvalue weighted by Gasteiger charge is 2.14. The highest BCUT2D eigenvalue weighted by Crippen LogP contribution is 2.22. The van der Waals surface area contributed by atoms with Crippen LogP contribution in [0.2, 0.25) is 0 Å². The number of imidazole rings is 2. The molecule has 154 valence electrons. The average molecular weight is 413 g/mol. The Morgan fingerprint density at radius 3 is 2.81 bits per heavy atom.